The summed E-state index contributed by atoms with van der Waals surface area (Å²) in [7, 11) is 0. The first kappa shape index (κ1) is 15.2. The Balaban J connectivity index is 0.00000161. The fourth-order valence-electron chi connectivity index (χ4n) is 2.26. The molecule has 2 aromatic carbocycles. The monoisotopic (exact) mass is 342 g/mol. The van der Waals surface area contributed by atoms with Crippen LogP contribution in [0.2, 0.25) is 0 Å². The Morgan fingerprint density at radius 2 is 1.62 bits per heavy atom. The van der Waals surface area contributed by atoms with E-state index in [2.05, 4.69) is 17.3 Å². The lowest BCUT2D eigenvalue weighted by Gasteiger charge is -2.04. The molecule has 1 heterocycles. The number of halogens is 1. The molecule has 0 fully saturated rings. The number of hydrogen-bond donors (Lipinski definition) is 1. The predicted octanol–water partition coefficient (Wildman–Crippen LogP) is 0.00980. The van der Waals surface area contributed by atoms with E-state index >= 15 is 0 Å². The van der Waals surface area contributed by atoms with E-state index in [4.69, 9.17) is 0 Å². The van der Waals surface area contributed by atoms with E-state index in [1.807, 2.05) is 65.5 Å². The second kappa shape index (κ2) is 6.99. The molecule has 3 nitrogen and oxygen atoms in total. The zero-order chi connectivity index (χ0) is 13.8. The maximum atomic E-state index is 9.29. The van der Waals surface area contributed by atoms with Gasteiger partial charge in [-0.15, -0.1) is 0 Å². The highest BCUT2D eigenvalue weighted by Crippen LogP contribution is 2.16. The van der Waals surface area contributed by atoms with E-state index in [1.165, 1.54) is 5.39 Å². The van der Waals surface area contributed by atoms with Crippen molar-refractivity contribution in [1.29, 1.82) is 0 Å². The van der Waals surface area contributed by atoms with Crippen molar-refractivity contribution in [3.05, 3.63) is 78.6 Å². The average Bonchev–Trinajstić information content (AvgIpc) is 2.53. The molecular formula is C17H15BrN2O. The van der Waals surface area contributed by atoms with Crippen molar-refractivity contribution in [3.63, 3.8) is 0 Å². The zero-order valence-electron chi connectivity index (χ0n) is 11.4. The smallest absolute Gasteiger partial charge is 0.194 e. The Labute approximate surface area is 133 Å². The lowest BCUT2D eigenvalue weighted by Crippen LogP contribution is -3.00. The van der Waals surface area contributed by atoms with Crippen LogP contribution in [-0.4, -0.2) is 10.9 Å². The SMILES string of the molecule is O/N=C(/C[n+]1ccccc1)c1ccc2ccccc2c1.[Br-]. The van der Waals surface area contributed by atoms with Crippen LogP contribution < -0.4 is 21.5 Å². The Morgan fingerprint density at radius 1 is 0.905 bits per heavy atom. The van der Waals surface area contributed by atoms with Crippen LogP contribution in [0.4, 0.5) is 0 Å². The van der Waals surface area contributed by atoms with Gasteiger partial charge in [-0.05, 0) is 16.8 Å². The highest BCUT2D eigenvalue weighted by Gasteiger charge is 2.10. The Bertz CT molecular complexity index is 757. The molecule has 0 bridgehead atoms. The third-order valence-electron chi connectivity index (χ3n) is 3.31. The topological polar surface area (TPSA) is 36.5 Å². The molecule has 0 saturated carbocycles. The Kier molecular flexibility index (Phi) is 5.06. The molecule has 1 N–H and O–H groups in total. The number of pyridine rings is 1. The van der Waals surface area contributed by atoms with E-state index in [0.717, 1.165) is 10.9 Å². The number of rotatable bonds is 3. The highest BCUT2D eigenvalue weighted by atomic mass is 79.9. The van der Waals surface area contributed by atoms with Crippen molar-refractivity contribution in [2.45, 2.75) is 6.54 Å². The summed E-state index contributed by atoms with van der Waals surface area (Å²) in [6, 6.07) is 20.1. The maximum absolute atomic E-state index is 9.29. The highest BCUT2D eigenvalue weighted by molar-refractivity contribution is 6.02. The second-order valence-electron chi connectivity index (χ2n) is 4.66. The standard InChI is InChI=1S/C17H14N2O.BrH/c20-18-17(13-19-10-4-1-5-11-19)16-9-8-14-6-2-3-7-15(14)12-16;/h1-12H,13H2;1H/b18-17-;. The van der Waals surface area contributed by atoms with Gasteiger partial charge in [-0.25, -0.2) is 0 Å². The normalized spacial score (nSPS) is 11.1. The van der Waals surface area contributed by atoms with Gasteiger partial charge < -0.3 is 22.2 Å². The van der Waals surface area contributed by atoms with Crippen LogP contribution in [-0.2, 0) is 6.54 Å². The summed E-state index contributed by atoms with van der Waals surface area (Å²) in [6.07, 6.45) is 3.90. The van der Waals surface area contributed by atoms with Crippen molar-refractivity contribution < 1.29 is 26.8 Å². The third kappa shape index (κ3) is 3.47. The quantitative estimate of drug-likeness (QED) is 0.309. The molecule has 0 unspecified atom stereocenters. The van der Waals surface area contributed by atoms with Crippen molar-refractivity contribution in [2.24, 2.45) is 5.16 Å². The summed E-state index contributed by atoms with van der Waals surface area (Å²) in [5.74, 6) is 0. The molecule has 0 amide bonds. The first-order valence-corrected chi connectivity index (χ1v) is 6.51. The number of nitrogens with zero attached hydrogens (tertiary/aromatic N) is 2. The molecule has 0 aliphatic carbocycles. The molecule has 0 radical (unpaired) electrons. The Morgan fingerprint density at radius 3 is 2.33 bits per heavy atom. The molecular weight excluding hydrogens is 328 g/mol. The fraction of sp³-hybridized carbons (Fsp3) is 0.0588. The summed E-state index contributed by atoms with van der Waals surface area (Å²) >= 11 is 0. The van der Waals surface area contributed by atoms with Gasteiger partial charge in [0.1, 0.15) is 0 Å². The minimum atomic E-state index is 0. The molecule has 1 aromatic heterocycles. The number of hydrogen-bond acceptors (Lipinski definition) is 2. The van der Waals surface area contributed by atoms with Gasteiger partial charge in [-0.3, -0.25) is 0 Å². The summed E-state index contributed by atoms with van der Waals surface area (Å²) in [6.45, 7) is 0.537. The van der Waals surface area contributed by atoms with Gasteiger partial charge in [0.05, 0.1) is 0 Å². The molecule has 0 spiro atoms. The minimum Gasteiger partial charge on any atom is -1.00 e. The van der Waals surface area contributed by atoms with Gasteiger partial charge in [0.2, 0.25) is 0 Å². The summed E-state index contributed by atoms with van der Waals surface area (Å²) < 4.78 is 1.98. The fourth-order valence-corrected chi connectivity index (χ4v) is 2.26. The van der Waals surface area contributed by atoms with Crippen LogP contribution in [0, 0.1) is 0 Å². The predicted molar refractivity (Wildman–Crippen MR) is 78.9 cm³/mol. The number of oxime groups is 1. The van der Waals surface area contributed by atoms with Crippen LogP contribution in [0.5, 0.6) is 0 Å². The van der Waals surface area contributed by atoms with E-state index in [0.29, 0.717) is 12.3 Å². The molecule has 0 aliphatic rings. The van der Waals surface area contributed by atoms with Crippen LogP contribution in [0.25, 0.3) is 10.8 Å². The van der Waals surface area contributed by atoms with Gasteiger partial charge in [-0.2, -0.15) is 4.57 Å². The van der Waals surface area contributed by atoms with Crippen LogP contribution in [0.1, 0.15) is 5.56 Å². The molecule has 106 valence electrons. The lowest BCUT2D eigenvalue weighted by molar-refractivity contribution is -0.681. The lowest BCUT2D eigenvalue weighted by atomic mass is 10.0. The third-order valence-corrected chi connectivity index (χ3v) is 3.31. The molecule has 0 aliphatic heterocycles. The summed E-state index contributed by atoms with van der Waals surface area (Å²) in [5, 5.41) is 15.1. The molecule has 0 saturated heterocycles. The van der Waals surface area contributed by atoms with Crippen LogP contribution in [0.15, 0.2) is 78.2 Å². The molecule has 21 heavy (non-hydrogen) atoms. The van der Waals surface area contributed by atoms with Crippen LogP contribution in [0.3, 0.4) is 0 Å². The second-order valence-corrected chi connectivity index (χ2v) is 4.66. The minimum absolute atomic E-state index is 0. The summed E-state index contributed by atoms with van der Waals surface area (Å²) in [4.78, 5) is 0. The number of aromatic nitrogens is 1. The average molecular weight is 343 g/mol. The van der Waals surface area contributed by atoms with Gasteiger partial charge in [0.25, 0.3) is 0 Å². The van der Waals surface area contributed by atoms with E-state index in [-0.39, 0.29) is 17.0 Å². The number of fused-ring (bicyclic) bond motifs is 1. The zero-order valence-corrected chi connectivity index (χ0v) is 12.9. The first-order chi connectivity index (χ1) is 9.86. The van der Waals surface area contributed by atoms with E-state index in [1.54, 1.807) is 0 Å². The molecule has 0 atom stereocenters. The largest absolute Gasteiger partial charge is 1.00 e. The molecule has 3 aromatic rings. The summed E-state index contributed by atoms with van der Waals surface area (Å²) in [5.41, 5.74) is 1.58. The number of benzene rings is 2. The van der Waals surface area contributed by atoms with Crippen LogP contribution >= 0.6 is 0 Å². The maximum Gasteiger partial charge on any atom is 0.194 e. The van der Waals surface area contributed by atoms with Gasteiger partial charge in [-0.1, -0.05) is 47.6 Å². The van der Waals surface area contributed by atoms with E-state index < -0.39 is 0 Å². The van der Waals surface area contributed by atoms with Gasteiger partial charge in [0.15, 0.2) is 24.7 Å². The van der Waals surface area contributed by atoms with Gasteiger partial charge >= 0.3 is 0 Å². The van der Waals surface area contributed by atoms with Crippen molar-refractivity contribution in [1.82, 2.24) is 0 Å². The van der Waals surface area contributed by atoms with Crippen molar-refractivity contribution >= 4 is 16.5 Å². The van der Waals surface area contributed by atoms with Crippen molar-refractivity contribution in [3.8, 4) is 0 Å². The first-order valence-electron chi connectivity index (χ1n) is 6.51. The Hall–Kier alpha value is -2.20. The van der Waals surface area contributed by atoms with Crippen molar-refractivity contribution in [2.75, 3.05) is 0 Å². The van der Waals surface area contributed by atoms with Gasteiger partial charge in [0, 0.05) is 17.7 Å². The molecule has 3 rings (SSSR count). The molecule has 4 heteroatoms. The van der Waals surface area contributed by atoms with E-state index in [9.17, 15) is 5.21 Å².